The number of aliphatic hydroxyl groups is 1. The van der Waals surface area contributed by atoms with Crippen LogP contribution >= 0.6 is 0 Å². The number of nitriles is 1. The monoisotopic (exact) mass is 223 g/mol. The van der Waals surface area contributed by atoms with E-state index in [0.717, 1.165) is 19.3 Å². The van der Waals surface area contributed by atoms with Gasteiger partial charge in [-0.1, -0.05) is 13.3 Å². The molecule has 0 aromatic heterocycles. The molecule has 3 heteroatoms. The largest absolute Gasteiger partial charge is 0.386 e. The van der Waals surface area contributed by atoms with Crippen molar-refractivity contribution < 1.29 is 9.84 Å². The predicted octanol–water partition coefficient (Wildman–Crippen LogP) is 2.10. The smallest absolute Gasteiger partial charge is 0.106 e. The van der Waals surface area contributed by atoms with Gasteiger partial charge < -0.3 is 9.84 Å². The van der Waals surface area contributed by atoms with Gasteiger partial charge in [0.2, 0.25) is 0 Å². The van der Waals surface area contributed by atoms with Gasteiger partial charge in [-0.25, -0.2) is 0 Å². The van der Waals surface area contributed by atoms with Gasteiger partial charge in [-0.15, -0.1) is 0 Å². The van der Waals surface area contributed by atoms with Crippen LogP contribution in [0, 0.1) is 28.6 Å². The molecule has 2 rings (SSSR count). The molecule has 2 aliphatic rings. The molecule has 2 fully saturated rings. The molecule has 4 atom stereocenters. The van der Waals surface area contributed by atoms with Crippen molar-refractivity contribution in [2.24, 2.45) is 17.3 Å². The molecule has 0 heterocycles. The lowest BCUT2D eigenvalue weighted by Crippen LogP contribution is -2.53. The zero-order chi connectivity index (χ0) is 11.8. The summed E-state index contributed by atoms with van der Waals surface area (Å²) in [6.45, 7) is 2.23. The van der Waals surface area contributed by atoms with Crippen LogP contribution in [0.2, 0.25) is 0 Å². The molecule has 2 bridgehead atoms. The van der Waals surface area contributed by atoms with Gasteiger partial charge >= 0.3 is 0 Å². The van der Waals surface area contributed by atoms with Crippen LogP contribution < -0.4 is 0 Å². The third-order valence-electron chi connectivity index (χ3n) is 4.85. The number of hydrogen-bond donors (Lipinski definition) is 1. The van der Waals surface area contributed by atoms with E-state index in [2.05, 4.69) is 6.07 Å². The molecule has 0 aromatic carbocycles. The average molecular weight is 223 g/mol. The SMILES string of the molecule is CCC(O)(COC)C1(C#N)CC2CCC1C2. The molecule has 2 aliphatic carbocycles. The second-order valence-electron chi connectivity index (χ2n) is 5.48. The van der Waals surface area contributed by atoms with Crippen LogP contribution in [0.15, 0.2) is 0 Å². The average Bonchev–Trinajstić information content (AvgIpc) is 2.89. The predicted molar refractivity (Wildman–Crippen MR) is 60.6 cm³/mol. The van der Waals surface area contributed by atoms with Gasteiger partial charge in [-0.2, -0.15) is 5.26 Å². The van der Waals surface area contributed by atoms with Crippen molar-refractivity contribution in [1.29, 1.82) is 5.26 Å². The number of nitrogens with zero attached hydrogens (tertiary/aromatic N) is 1. The molecule has 90 valence electrons. The fourth-order valence-corrected chi connectivity index (χ4v) is 3.93. The zero-order valence-electron chi connectivity index (χ0n) is 10.2. The van der Waals surface area contributed by atoms with Crippen molar-refractivity contribution in [2.75, 3.05) is 13.7 Å². The number of ether oxygens (including phenoxy) is 1. The Kier molecular flexibility index (Phi) is 2.98. The molecule has 0 saturated heterocycles. The lowest BCUT2D eigenvalue weighted by Gasteiger charge is -2.44. The van der Waals surface area contributed by atoms with Crippen molar-refractivity contribution in [3.8, 4) is 6.07 Å². The minimum atomic E-state index is -0.962. The molecule has 0 aromatic rings. The fourth-order valence-electron chi connectivity index (χ4n) is 3.93. The van der Waals surface area contributed by atoms with Gasteiger partial charge in [0.25, 0.3) is 0 Å². The summed E-state index contributed by atoms with van der Waals surface area (Å²) in [5, 5.41) is 20.3. The van der Waals surface area contributed by atoms with E-state index < -0.39 is 11.0 Å². The Bertz CT molecular complexity index is 312. The van der Waals surface area contributed by atoms with E-state index in [1.165, 1.54) is 6.42 Å². The van der Waals surface area contributed by atoms with E-state index in [1.54, 1.807) is 7.11 Å². The van der Waals surface area contributed by atoms with Crippen LogP contribution in [0.4, 0.5) is 0 Å². The van der Waals surface area contributed by atoms with E-state index >= 15 is 0 Å². The summed E-state index contributed by atoms with van der Waals surface area (Å²) in [4.78, 5) is 0. The van der Waals surface area contributed by atoms with Gasteiger partial charge in [0.15, 0.2) is 0 Å². The second kappa shape index (κ2) is 4.01. The van der Waals surface area contributed by atoms with Crippen molar-refractivity contribution in [2.45, 2.75) is 44.6 Å². The van der Waals surface area contributed by atoms with Crippen LogP contribution in [0.5, 0.6) is 0 Å². The standard InChI is InChI=1S/C13H21NO2/c1-3-13(15,9-16-2)12(8-14)7-10-4-5-11(12)6-10/h10-11,15H,3-7,9H2,1-2H3. The minimum Gasteiger partial charge on any atom is -0.386 e. The highest BCUT2D eigenvalue weighted by atomic mass is 16.5. The Morgan fingerprint density at radius 3 is 2.69 bits per heavy atom. The summed E-state index contributed by atoms with van der Waals surface area (Å²) < 4.78 is 5.14. The summed E-state index contributed by atoms with van der Waals surface area (Å²) in [7, 11) is 1.60. The first-order valence-electron chi connectivity index (χ1n) is 6.24. The first-order valence-corrected chi connectivity index (χ1v) is 6.24. The molecule has 1 N–H and O–H groups in total. The molecule has 0 spiro atoms. The Morgan fingerprint density at radius 2 is 2.31 bits per heavy atom. The lowest BCUT2D eigenvalue weighted by atomic mass is 9.62. The summed E-state index contributed by atoms with van der Waals surface area (Å²) in [5.41, 5.74) is -1.52. The Morgan fingerprint density at radius 1 is 1.56 bits per heavy atom. The Balaban J connectivity index is 2.31. The van der Waals surface area contributed by atoms with Crippen LogP contribution in [0.1, 0.15) is 39.0 Å². The first-order chi connectivity index (χ1) is 7.62. The molecular weight excluding hydrogens is 202 g/mol. The maximum absolute atomic E-state index is 10.7. The summed E-state index contributed by atoms with van der Waals surface area (Å²) in [5.74, 6) is 1.03. The third-order valence-corrected chi connectivity index (χ3v) is 4.85. The van der Waals surface area contributed by atoms with Crippen molar-refractivity contribution >= 4 is 0 Å². The quantitative estimate of drug-likeness (QED) is 0.794. The van der Waals surface area contributed by atoms with Crippen LogP contribution in [-0.2, 0) is 4.74 Å². The van der Waals surface area contributed by atoms with Gasteiger partial charge in [-0.05, 0) is 37.5 Å². The third kappa shape index (κ3) is 1.40. The van der Waals surface area contributed by atoms with Gasteiger partial charge in [-0.3, -0.25) is 0 Å². The second-order valence-corrected chi connectivity index (χ2v) is 5.48. The Labute approximate surface area is 97.4 Å². The van der Waals surface area contributed by atoms with Crippen LogP contribution in [-0.4, -0.2) is 24.4 Å². The molecule has 0 amide bonds. The number of hydrogen-bond acceptors (Lipinski definition) is 3. The highest BCUT2D eigenvalue weighted by Crippen LogP contribution is 2.60. The molecule has 0 radical (unpaired) electrons. The van der Waals surface area contributed by atoms with Gasteiger partial charge in [0.1, 0.15) is 5.60 Å². The maximum atomic E-state index is 10.7. The molecule has 0 aliphatic heterocycles. The summed E-state index contributed by atoms with van der Waals surface area (Å²) in [6, 6.07) is 2.46. The zero-order valence-corrected chi connectivity index (χ0v) is 10.2. The summed E-state index contributed by atoms with van der Waals surface area (Å²) in [6.07, 6.45) is 4.92. The van der Waals surface area contributed by atoms with E-state index in [0.29, 0.717) is 18.3 Å². The minimum absolute atomic E-state index is 0.278. The lowest BCUT2D eigenvalue weighted by molar-refractivity contribution is -0.124. The normalized spacial score (nSPS) is 40.6. The Hall–Kier alpha value is -0.590. The van der Waals surface area contributed by atoms with Crippen LogP contribution in [0.25, 0.3) is 0 Å². The van der Waals surface area contributed by atoms with Crippen molar-refractivity contribution in [1.82, 2.24) is 0 Å². The van der Waals surface area contributed by atoms with E-state index in [1.807, 2.05) is 6.92 Å². The first kappa shape index (κ1) is 11.9. The highest BCUT2D eigenvalue weighted by Gasteiger charge is 2.61. The van der Waals surface area contributed by atoms with Crippen molar-refractivity contribution in [3.05, 3.63) is 0 Å². The maximum Gasteiger partial charge on any atom is 0.106 e. The fraction of sp³-hybridized carbons (Fsp3) is 0.923. The van der Waals surface area contributed by atoms with E-state index in [9.17, 15) is 10.4 Å². The highest BCUT2D eigenvalue weighted by molar-refractivity contribution is 5.20. The molecular formula is C13H21NO2. The molecule has 2 saturated carbocycles. The molecule has 4 unspecified atom stereocenters. The van der Waals surface area contributed by atoms with Gasteiger partial charge in [0.05, 0.1) is 18.1 Å². The molecule has 3 nitrogen and oxygen atoms in total. The number of methoxy groups -OCH3 is 1. The number of rotatable bonds is 4. The van der Waals surface area contributed by atoms with E-state index in [4.69, 9.17) is 4.74 Å². The van der Waals surface area contributed by atoms with Crippen LogP contribution in [0.3, 0.4) is 0 Å². The topological polar surface area (TPSA) is 53.2 Å². The molecule has 16 heavy (non-hydrogen) atoms. The summed E-state index contributed by atoms with van der Waals surface area (Å²) >= 11 is 0. The van der Waals surface area contributed by atoms with Gasteiger partial charge in [0, 0.05) is 7.11 Å². The number of fused-ring (bicyclic) bond motifs is 2. The van der Waals surface area contributed by atoms with E-state index in [-0.39, 0.29) is 6.61 Å². The van der Waals surface area contributed by atoms with Crippen molar-refractivity contribution in [3.63, 3.8) is 0 Å².